The normalized spacial score (nSPS) is 24.5. The lowest BCUT2D eigenvalue weighted by molar-refractivity contribution is -0.630. The Balaban J connectivity index is 2.22. The number of ether oxygens (including phenoxy) is 2. The van der Waals surface area contributed by atoms with Gasteiger partial charge in [0, 0.05) is 6.42 Å². The summed E-state index contributed by atoms with van der Waals surface area (Å²) in [6.45, 7) is -0.761. The third kappa shape index (κ3) is 4.07. The topological polar surface area (TPSA) is 81.8 Å². The van der Waals surface area contributed by atoms with E-state index in [1.807, 2.05) is 0 Å². The van der Waals surface area contributed by atoms with Crippen molar-refractivity contribution in [3.63, 3.8) is 0 Å². The molecule has 0 amide bonds. The minimum Gasteiger partial charge on any atom is -0.493 e. The van der Waals surface area contributed by atoms with Crippen LogP contribution < -0.4 is 9.47 Å². The van der Waals surface area contributed by atoms with Crippen LogP contribution in [0.25, 0.3) is 0 Å². The molecule has 2 unspecified atom stereocenters. The summed E-state index contributed by atoms with van der Waals surface area (Å²) in [6, 6.07) is 4.85. The van der Waals surface area contributed by atoms with Gasteiger partial charge in [0.15, 0.2) is 11.5 Å². The highest BCUT2D eigenvalue weighted by molar-refractivity contribution is 5.44. The smallest absolute Gasteiger partial charge is 0.322 e. The van der Waals surface area contributed by atoms with Crippen molar-refractivity contribution in [2.45, 2.75) is 43.8 Å². The predicted octanol–water partition coefficient (Wildman–Crippen LogP) is 2.96. The van der Waals surface area contributed by atoms with Gasteiger partial charge in [0.1, 0.15) is 6.61 Å². The molecule has 23 heavy (non-hydrogen) atoms. The van der Waals surface area contributed by atoms with Gasteiger partial charge in [0.05, 0.1) is 18.5 Å². The summed E-state index contributed by atoms with van der Waals surface area (Å²) in [5.41, 5.74) is -1.23. The summed E-state index contributed by atoms with van der Waals surface area (Å²) in [5, 5.41) is 21.1. The molecule has 1 saturated carbocycles. The van der Waals surface area contributed by atoms with Gasteiger partial charge in [-0.1, -0.05) is 6.07 Å². The predicted molar refractivity (Wildman–Crippen MR) is 77.6 cm³/mol. The van der Waals surface area contributed by atoms with Crippen LogP contribution in [-0.4, -0.2) is 35.9 Å². The number of aliphatic hydroxyl groups is 1. The van der Waals surface area contributed by atoms with Gasteiger partial charge in [-0.15, -0.1) is 0 Å². The second kappa shape index (κ2) is 7.08. The van der Waals surface area contributed by atoms with Crippen molar-refractivity contribution in [3.8, 4) is 11.5 Å². The monoisotopic (exact) mass is 331 g/mol. The van der Waals surface area contributed by atoms with Crippen LogP contribution in [0.15, 0.2) is 18.2 Å². The SMILES string of the molecule is COc1ccc(C2CCCC(O)([N+](=O)[O-])C2)cc1OCC(F)F. The van der Waals surface area contributed by atoms with Crippen molar-refractivity contribution in [1.29, 1.82) is 0 Å². The fourth-order valence-corrected chi connectivity index (χ4v) is 2.89. The number of methoxy groups -OCH3 is 1. The van der Waals surface area contributed by atoms with Crippen molar-refractivity contribution in [3.05, 3.63) is 33.9 Å². The molecule has 128 valence electrons. The fourth-order valence-electron chi connectivity index (χ4n) is 2.89. The molecule has 1 aromatic rings. The Hall–Kier alpha value is -1.96. The maximum Gasteiger partial charge on any atom is 0.322 e. The Morgan fingerprint density at radius 3 is 2.83 bits per heavy atom. The molecule has 0 radical (unpaired) electrons. The van der Waals surface area contributed by atoms with E-state index in [0.29, 0.717) is 24.2 Å². The molecule has 2 rings (SSSR count). The molecule has 2 atom stereocenters. The van der Waals surface area contributed by atoms with Crippen LogP contribution in [0.1, 0.15) is 37.2 Å². The van der Waals surface area contributed by atoms with Crippen molar-refractivity contribution in [1.82, 2.24) is 0 Å². The first kappa shape index (κ1) is 17.4. The lowest BCUT2D eigenvalue weighted by Gasteiger charge is -2.30. The summed E-state index contributed by atoms with van der Waals surface area (Å²) < 4.78 is 34.8. The molecule has 1 fully saturated rings. The standard InChI is InChI=1S/C15H19F2NO5/c1-22-12-5-4-10(7-13(12)23-9-14(16)17)11-3-2-6-15(19,8-11)18(20)21/h4-5,7,11,14,19H,2-3,6,8-9H2,1H3. The molecular weight excluding hydrogens is 312 g/mol. The second-order valence-electron chi connectivity index (χ2n) is 5.65. The van der Waals surface area contributed by atoms with E-state index >= 15 is 0 Å². The van der Waals surface area contributed by atoms with Gasteiger partial charge in [-0.3, -0.25) is 10.1 Å². The number of hydrogen-bond donors (Lipinski definition) is 1. The van der Waals surface area contributed by atoms with Crippen LogP contribution in [0.4, 0.5) is 8.78 Å². The van der Waals surface area contributed by atoms with Crippen LogP contribution in [0.5, 0.6) is 11.5 Å². The zero-order valence-electron chi connectivity index (χ0n) is 12.7. The Labute approximate surface area is 132 Å². The first-order valence-electron chi connectivity index (χ1n) is 7.31. The Kier molecular flexibility index (Phi) is 5.35. The van der Waals surface area contributed by atoms with Gasteiger partial charge in [-0.2, -0.15) is 0 Å². The summed E-state index contributed by atoms with van der Waals surface area (Å²) in [5.74, 6) is 0.245. The highest BCUT2D eigenvalue weighted by Gasteiger charge is 2.45. The van der Waals surface area contributed by atoms with E-state index in [2.05, 4.69) is 0 Å². The van der Waals surface area contributed by atoms with Crippen LogP contribution in [0.3, 0.4) is 0 Å². The van der Waals surface area contributed by atoms with E-state index in [-0.39, 0.29) is 24.5 Å². The molecule has 0 saturated heterocycles. The van der Waals surface area contributed by atoms with Crippen LogP contribution in [0, 0.1) is 10.1 Å². The molecule has 0 heterocycles. The maximum absolute atomic E-state index is 12.3. The molecule has 0 bridgehead atoms. The van der Waals surface area contributed by atoms with Gasteiger partial charge < -0.3 is 14.6 Å². The van der Waals surface area contributed by atoms with Gasteiger partial charge in [0.2, 0.25) is 0 Å². The van der Waals surface area contributed by atoms with Crippen LogP contribution in [0.2, 0.25) is 0 Å². The maximum atomic E-state index is 12.3. The number of rotatable bonds is 6. The number of halogens is 2. The average Bonchev–Trinajstić information content (AvgIpc) is 2.52. The number of nitro groups is 1. The molecule has 1 aliphatic carbocycles. The highest BCUT2D eigenvalue weighted by atomic mass is 19.3. The highest BCUT2D eigenvalue weighted by Crippen LogP contribution is 2.41. The quantitative estimate of drug-likeness (QED) is 0.492. The van der Waals surface area contributed by atoms with E-state index in [1.54, 1.807) is 18.2 Å². The summed E-state index contributed by atoms with van der Waals surface area (Å²) in [6.07, 6.45) is -1.32. The summed E-state index contributed by atoms with van der Waals surface area (Å²) in [7, 11) is 1.40. The molecule has 1 aliphatic rings. The molecule has 0 aromatic heterocycles. The zero-order chi connectivity index (χ0) is 17.0. The molecule has 0 aliphatic heterocycles. The minimum atomic E-state index is -2.61. The van der Waals surface area contributed by atoms with E-state index < -0.39 is 23.7 Å². The Morgan fingerprint density at radius 2 is 2.22 bits per heavy atom. The van der Waals surface area contributed by atoms with Crippen molar-refractivity contribution in [2.24, 2.45) is 0 Å². The molecule has 1 aromatic carbocycles. The number of nitrogens with zero attached hydrogens (tertiary/aromatic N) is 1. The van der Waals surface area contributed by atoms with E-state index in [1.165, 1.54) is 7.11 Å². The van der Waals surface area contributed by atoms with E-state index in [0.717, 1.165) is 0 Å². The van der Waals surface area contributed by atoms with Crippen molar-refractivity contribution < 1.29 is 28.3 Å². The number of alkyl halides is 2. The summed E-state index contributed by atoms with van der Waals surface area (Å²) in [4.78, 5) is 10.4. The average molecular weight is 331 g/mol. The Bertz CT molecular complexity index is 569. The first-order valence-corrected chi connectivity index (χ1v) is 7.31. The van der Waals surface area contributed by atoms with Gasteiger partial charge in [-0.25, -0.2) is 8.78 Å². The lowest BCUT2D eigenvalue weighted by Crippen LogP contribution is -2.42. The van der Waals surface area contributed by atoms with Crippen molar-refractivity contribution >= 4 is 0 Å². The van der Waals surface area contributed by atoms with Gasteiger partial charge in [0.25, 0.3) is 6.43 Å². The largest absolute Gasteiger partial charge is 0.493 e. The van der Waals surface area contributed by atoms with Gasteiger partial charge in [-0.05, 0) is 36.5 Å². The molecule has 8 heteroatoms. The third-order valence-corrected chi connectivity index (χ3v) is 4.07. The second-order valence-corrected chi connectivity index (χ2v) is 5.65. The fraction of sp³-hybridized carbons (Fsp3) is 0.600. The minimum absolute atomic E-state index is 0.0133. The lowest BCUT2D eigenvalue weighted by atomic mass is 9.79. The molecule has 6 nitrogen and oxygen atoms in total. The number of hydrogen-bond acceptors (Lipinski definition) is 5. The van der Waals surface area contributed by atoms with E-state index in [9.17, 15) is 24.0 Å². The van der Waals surface area contributed by atoms with E-state index in [4.69, 9.17) is 9.47 Å². The van der Waals surface area contributed by atoms with Gasteiger partial charge >= 0.3 is 5.72 Å². The summed E-state index contributed by atoms with van der Waals surface area (Å²) >= 11 is 0. The Morgan fingerprint density at radius 1 is 1.48 bits per heavy atom. The van der Waals surface area contributed by atoms with Crippen LogP contribution >= 0.6 is 0 Å². The molecule has 1 N–H and O–H groups in total. The van der Waals surface area contributed by atoms with Crippen molar-refractivity contribution in [2.75, 3.05) is 13.7 Å². The van der Waals surface area contributed by atoms with Crippen LogP contribution in [-0.2, 0) is 0 Å². The zero-order valence-corrected chi connectivity index (χ0v) is 12.7. The first-order chi connectivity index (χ1) is 10.9. The third-order valence-electron chi connectivity index (χ3n) is 4.07. The molecule has 0 spiro atoms. The molecular formula is C15H19F2NO5. The number of benzene rings is 1.